The molecule has 1 aromatic rings. The van der Waals surface area contributed by atoms with Gasteiger partial charge in [-0.2, -0.15) is 0 Å². The SMILES string of the molecule is C[C@@H]1CN(C)C[C@]1(O)c1ccc(Br)cc1. The molecule has 2 nitrogen and oxygen atoms in total. The Balaban J connectivity index is 2.33. The Kier molecular flexibility index (Phi) is 2.88. The van der Waals surface area contributed by atoms with Crippen LogP contribution >= 0.6 is 15.9 Å². The number of likely N-dealkylation sites (tertiary alicyclic amines) is 1. The maximum atomic E-state index is 10.6. The van der Waals surface area contributed by atoms with Gasteiger partial charge in [-0.05, 0) is 24.7 Å². The summed E-state index contributed by atoms with van der Waals surface area (Å²) in [6.45, 7) is 3.77. The van der Waals surface area contributed by atoms with E-state index >= 15 is 0 Å². The summed E-state index contributed by atoms with van der Waals surface area (Å²) in [5.74, 6) is 0.281. The summed E-state index contributed by atoms with van der Waals surface area (Å²) in [7, 11) is 2.05. The van der Waals surface area contributed by atoms with Crippen LogP contribution < -0.4 is 0 Å². The van der Waals surface area contributed by atoms with Crippen LogP contribution in [0.4, 0.5) is 0 Å². The summed E-state index contributed by atoms with van der Waals surface area (Å²) < 4.78 is 1.05. The molecular weight excluding hydrogens is 254 g/mol. The zero-order valence-corrected chi connectivity index (χ0v) is 10.7. The molecule has 1 aliphatic rings. The van der Waals surface area contributed by atoms with E-state index in [9.17, 15) is 5.11 Å². The number of nitrogens with zero attached hydrogens (tertiary/aromatic N) is 1. The average Bonchev–Trinajstić information content (AvgIpc) is 2.42. The Morgan fingerprint density at radius 2 is 2.00 bits per heavy atom. The Hall–Kier alpha value is -0.380. The van der Waals surface area contributed by atoms with Crippen LogP contribution in [0.15, 0.2) is 28.7 Å². The highest BCUT2D eigenvalue weighted by Gasteiger charge is 2.42. The minimum atomic E-state index is -0.685. The number of likely N-dealkylation sites (N-methyl/N-ethyl adjacent to an activating group) is 1. The van der Waals surface area contributed by atoms with Gasteiger partial charge in [0, 0.05) is 23.5 Å². The molecular formula is C12H16BrNO. The van der Waals surface area contributed by atoms with Crippen molar-refractivity contribution in [3.05, 3.63) is 34.3 Å². The molecule has 1 heterocycles. The van der Waals surface area contributed by atoms with Crippen LogP contribution in [0.2, 0.25) is 0 Å². The predicted octanol–water partition coefficient (Wildman–Crippen LogP) is 2.22. The third kappa shape index (κ3) is 1.96. The lowest BCUT2D eigenvalue weighted by Gasteiger charge is -2.27. The first-order valence-electron chi connectivity index (χ1n) is 5.19. The first kappa shape index (κ1) is 11.1. The van der Waals surface area contributed by atoms with Gasteiger partial charge in [0.2, 0.25) is 0 Å². The summed E-state index contributed by atoms with van der Waals surface area (Å²) in [6, 6.07) is 7.97. The maximum absolute atomic E-state index is 10.6. The van der Waals surface area contributed by atoms with Crippen LogP contribution in [0.1, 0.15) is 12.5 Å². The molecule has 1 fully saturated rings. The van der Waals surface area contributed by atoms with Crippen molar-refractivity contribution < 1.29 is 5.11 Å². The molecule has 82 valence electrons. The second kappa shape index (κ2) is 3.89. The standard InChI is InChI=1S/C12H16BrNO/c1-9-7-14(2)8-12(9,15)10-3-5-11(13)6-4-10/h3-6,9,15H,7-8H2,1-2H3/t9-,12-/m1/s1. The van der Waals surface area contributed by atoms with Crippen LogP contribution in [0.5, 0.6) is 0 Å². The van der Waals surface area contributed by atoms with E-state index in [1.165, 1.54) is 0 Å². The highest BCUT2D eigenvalue weighted by atomic mass is 79.9. The third-order valence-corrected chi connectivity index (χ3v) is 3.78. The van der Waals surface area contributed by atoms with Gasteiger partial charge in [0.25, 0.3) is 0 Å². The second-order valence-corrected chi connectivity index (χ2v) is 5.44. The number of halogens is 1. The van der Waals surface area contributed by atoms with Gasteiger partial charge in [-0.1, -0.05) is 35.0 Å². The lowest BCUT2D eigenvalue weighted by atomic mass is 9.85. The zero-order valence-electron chi connectivity index (χ0n) is 9.07. The topological polar surface area (TPSA) is 23.5 Å². The molecule has 1 aromatic carbocycles. The molecule has 15 heavy (non-hydrogen) atoms. The van der Waals surface area contributed by atoms with Crippen molar-refractivity contribution in [1.29, 1.82) is 0 Å². The fourth-order valence-electron chi connectivity index (χ4n) is 2.36. The number of hydrogen-bond acceptors (Lipinski definition) is 2. The second-order valence-electron chi connectivity index (χ2n) is 4.53. The highest BCUT2D eigenvalue weighted by Crippen LogP contribution is 2.36. The van der Waals surface area contributed by atoms with E-state index in [-0.39, 0.29) is 5.92 Å². The van der Waals surface area contributed by atoms with E-state index < -0.39 is 5.60 Å². The van der Waals surface area contributed by atoms with Crippen molar-refractivity contribution >= 4 is 15.9 Å². The molecule has 2 atom stereocenters. The monoisotopic (exact) mass is 269 g/mol. The minimum absolute atomic E-state index is 0.281. The van der Waals surface area contributed by atoms with E-state index in [1.807, 2.05) is 31.3 Å². The Morgan fingerprint density at radius 3 is 2.47 bits per heavy atom. The summed E-state index contributed by atoms with van der Waals surface area (Å²) in [6.07, 6.45) is 0. The van der Waals surface area contributed by atoms with Gasteiger partial charge < -0.3 is 10.0 Å². The summed E-state index contributed by atoms with van der Waals surface area (Å²) in [5, 5.41) is 10.6. The number of β-amino-alcohol motifs (C(OH)–C–C–N with tert-alkyl or cyclic N) is 1. The normalized spacial score (nSPS) is 32.1. The summed E-state index contributed by atoms with van der Waals surface area (Å²) in [5.41, 5.74) is 0.331. The first-order valence-corrected chi connectivity index (χ1v) is 5.98. The van der Waals surface area contributed by atoms with Crippen molar-refractivity contribution in [3.8, 4) is 0 Å². The molecule has 1 N–H and O–H groups in total. The van der Waals surface area contributed by atoms with Crippen LogP contribution in [-0.2, 0) is 5.60 Å². The number of aliphatic hydroxyl groups is 1. The van der Waals surface area contributed by atoms with Gasteiger partial charge in [-0.3, -0.25) is 0 Å². The molecule has 0 aromatic heterocycles. The summed E-state index contributed by atoms with van der Waals surface area (Å²) >= 11 is 3.41. The van der Waals surface area contributed by atoms with Gasteiger partial charge in [0.15, 0.2) is 0 Å². The number of hydrogen-bond donors (Lipinski definition) is 1. The zero-order chi connectivity index (χ0) is 11.1. The lowest BCUT2D eigenvalue weighted by molar-refractivity contribution is 0.0146. The molecule has 1 saturated heterocycles. The van der Waals surface area contributed by atoms with Crippen LogP contribution in [0.25, 0.3) is 0 Å². The van der Waals surface area contributed by atoms with Gasteiger partial charge in [-0.15, -0.1) is 0 Å². The van der Waals surface area contributed by atoms with Crippen molar-refractivity contribution in [2.24, 2.45) is 5.92 Å². The number of benzene rings is 1. The molecule has 0 bridgehead atoms. The highest BCUT2D eigenvalue weighted by molar-refractivity contribution is 9.10. The van der Waals surface area contributed by atoms with Gasteiger partial charge in [0.1, 0.15) is 5.60 Å². The van der Waals surface area contributed by atoms with Crippen LogP contribution in [0, 0.1) is 5.92 Å². The fraction of sp³-hybridized carbons (Fsp3) is 0.500. The van der Waals surface area contributed by atoms with E-state index in [0.29, 0.717) is 0 Å². The minimum Gasteiger partial charge on any atom is -0.383 e. The third-order valence-electron chi connectivity index (χ3n) is 3.26. The fourth-order valence-corrected chi connectivity index (χ4v) is 2.63. The Labute approximate surface area is 99.0 Å². The van der Waals surface area contributed by atoms with Gasteiger partial charge in [-0.25, -0.2) is 0 Å². The average molecular weight is 270 g/mol. The Bertz CT molecular complexity index is 351. The van der Waals surface area contributed by atoms with Crippen molar-refractivity contribution in [2.45, 2.75) is 12.5 Å². The molecule has 0 radical (unpaired) electrons. The van der Waals surface area contributed by atoms with E-state index in [1.54, 1.807) is 0 Å². The first-order chi connectivity index (χ1) is 7.02. The number of rotatable bonds is 1. The smallest absolute Gasteiger partial charge is 0.106 e. The van der Waals surface area contributed by atoms with Crippen molar-refractivity contribution in [1.82, 2.24) is 4.90 Å². The van der Waals surface area contributed by atoms with E-state index in [0.717, 1.165) is 23.1 Å². The molecule has 0 spiro atoms. The molecule has 0 saturated carbocycles. The molecule has 0 unspecified atom stereocenters. The van der Waals surface area contributed by atoms with Crippen LogP contribution in [0.3, 0.4) is 0 Å². The predicted molar refractivity (Wildman–Crippen MR) is 64.7 cm³/mol. The quantitative estimate of drug-likeness (QED) is 0.845. The van der Waals surface area contributed by atoms with Gasteiger partial charge >= 0.3 is 0 Å². The Morgan fingerprint density at radius 1 is 1.40 bits per heavy atom. The molecule has 0 aliphatic carbocycles. The molecule has 3 heteroatoms. The summed E-state index contributed by atoms with van der Waals surface area (Å²) in [4.78, 5) is 2.17. The molecule has 2 rings (SSSR count). The lowest BCUT2D eigenvalue weighted by Crippen LogP contribution is -2.33. The van der Waals surface area contributed by atoms with Crippen molar-refractivity contribution in [3.63, 3.8) is 0 Å². The van der Waals surface area contributed by atoms with E-state index in [4.69, 9.17) is 0 Å². The molecule has 1 aliphatic heterocycles. The molecule has 0 amide bonds. The van der Waals surface area contributed by atoms with Crippen LogP contribution in [-0.4, -0.2) is 30.1 Å². The maximum Gasteiger partial charge on any atom is 0.106 e. The van der Waals surface area contributed by atoms with E-state index in [2.05, 4.69) is 27.8 Å². The van der Waals surface area contributed by atoms with Crippen molar-refractivity contribution in [2.75, 3.05) is 20.1 Å². The van der Waals surface area contributed by atoms with Gasteiger partial charge in [0.05, 0.1) is 0 Å². The largest absolute Gasteiger partial charge is 0.383 e.